The standard InChI is InChI=1S/C10H9ClO5/c1-10(8(13)14,9(15)16)5-2-3-7(12)6(11)4-5/h2-4,12H,1H3,(H,13,14)(H,15,16). The maximum absolute atomic E-state index is 11.0. The Kier molecular flexibility index (Phi) is 3.09. The second-order valence-electron chi connectivity index (χ2n) is 3.40. The minimum absolute atomic E-state index is 0.00435. The Bertz CT molecular complexity index is 441. The Balaban J connectivity index is 3.39. The van der Waals surface area contributed by atoms with Crippen LogP contribution in [0.3, 0.4) is 0 Å². The quantitative estimate of drug-likeness (QED) is 0.700. The second kappa shape index (κ2) is 4.02. The molecule has 0 aliphatic heterocycles. The van der Waals surface area contributed by atoms with Gasteiger partial charge in [0.05, 0.1) is 5.02 Å². The minimum Gasteiger partial charge on any atom is -0.506 e. The summed E-state index contributed by atoms with van der Waals surface area (Å²) in [4.78, 5) is 21.9. The van der Waals surface area contributed by atoms with Crippen molar-refractivity contribution in [3.8, 4) is 5.75 Å². The van der Waals surface area contributed by atoms with E-state index in [9.17, 15) is 9.59 Å². The third-order valence-corrected chi connectivity index (χ3v) is 2.68. The van der Waals surface area contributed by atoms with E-state index in [0.29, 0.717) is 0 Å². The fourth-order valence-corrected chi connectivity index (χ4v) is 1.34. The van der Waals surface area contributed by atoms with Gasteiger partial charge in [0.15, 0.2) is 5.41 Å². The zero-order valence-electron chi connectivity index (χ0n) is 8.27. The van der Waals surface area contributed by atoms with Gasteiger partial charge in [-0.05, 0) is 24.6 Å². The maximum Gasteiger partial charge on any atom is 0.325 e. The van der Waals surface area contributed by atoms with Crippen LogP contribution < -0.4 is 0 Å². The topological polar surface area (TPSA) is 94.8 Å². The molecule has 16 heavy (non-hydrogen) atoms. The van der Waals surface area contributed by atoms with Crippen LogP contribution in [0.4, 0.5) is 0 Å². The van der Waals surface area contributed by atoms with Crippen molar-refractivity contribution in [1.82, 2.24) is 0 Å². The van der Waals surface area contributed by atoms with Crippen molar-refractivity contribution < 1.29 is 24.9 Å². The van der Waals surface area contributed by atoms with Crippen LogP contribution in [0.2, 0.25) is 5.02 Å². The van der Waals surface area contributed by atoms with E-state index in [4.69, 9.17) is 26.9 Å². The smallest absolute Gasteiger partial charge is 0.325 e. The van der Waals surface area contributed by atoms with Gasteiger partial charge in [-0.3, -0.25) is 9.59 Å². The first-order valence-electron chi connectivity index (χ1n) is 4.26. The van der Waals surface area contributed by atoms with E-state index in [1.54, 1.807) is 0 Å². The molecular formula is C10H9ClO5. The number of carbonyl (C=O) groups is 2. The predicted molar refractivity (Wildman–Crippen MR) is 55.7 cm³/mol. The normalized spacial score (nSPS) is 11.1. The van der Waals surface area contributed by atoms with E-state index in [1.165, 1.54) is 6.07 Å². The van der Waals surface area contributed by atoms with Gasteiger partial charge in [-0.2, -0.15) is 0 Å². The minimum atomic E-state index is -2.09. The third kappa shape index (κ3) is 1.81. The number of hydrogen-bond donors (Lipinski definition) is 3. The van der Waals surface area contributed by atoms with Crippen molar-refractivity contribution in [2.45, 2.75) is 12.3 Å². The largest absolute Gasteiger partial charge is 0.506 e. The number of carboxylic acids is 2. The van der Waals surface area contributed by atoms with Gasteiger partial charge in [0, 0.05) is 0 Å². The summed E-state index contributed by atoms with van der Waals surface area (Å²) in [6.07, 6.45) is 0. The highest BCUT2D eigenvalue weighted by molar-refractivity contribution is 6.32. The summed E-state index contributed by atoms with van der Waals surface area (Å²) < 4.78 is 0. The van der Waals surface area contributed by atoms with Crippen LogP contribution in [-0.4, -0.2) is 27.3 Å². The molecule has 0 unspecified atom stereocenters. The summed E-state index contributed by atoms with van der Waals surface area (Å²) in [6, 6.07) is 3.49. The van der Waals surface area contributed by atoms with Crippen LogP contribution in [0.25, 0.3) is 0 Å². The molecule has 0 aliphatic carbocycles. The lowest BCUT2D eigenvalue weighted by Gasteiger charge is -2.20. The van der Waals surface area contributed by atoms with Crippen molar-refractivity contribution in [1.29, 1.82) is 0 Å². The maximum atomic E-state index is 11.0. The predicted octanol–water partition coefficient (Wildman–Crippen LogP) is 1.47. The first kappa shape index (κ1) is 12.3. The number of halogens is 1. The Hall–Kier alpha value is -1.75. The molecule has 0 atom stereocenters. The average Bonchev–Trinajstić information content (AvgIpc) is 2.20. The zero-order valence-corrected chi connectivity index (χ0v) is 9.02. The van der Waals surface area contributed by atoms with Gasteiger partial charge in [0.1, 0.15) is 5.75 Å². The number of aliphatic carboxylic acids is 2. The molecule has 1 aromatic rings. The molecule has 0 heterocycles. The number of hydrogen-bond acceptors (Lipinski definition) is 3. The summed E-state index contributed by atoms with van der Waals surface area (Å²) >= 11 is 5.59. The Morgan fingerprint density at radius 2 is 1.75 bits per heavy atom. The lowest BCUT2D eigenvalue weighted by molar-refractivity contribution is -0.156. The molecule has 1 rings (SSSR count). The van der Waals surface area contributed by atoms with Crippen LogP contribution in [-0.2, 0) is 15.0 Å². The van der Waals surface area contributed by atoms with Crippen molar-refractivity contribution in [2.24, 2.45) is 0 Å². The number of phenols is 1. The van der Waals surface area contributed by atoms with Gasteiger partial charge in [-0.15, -0.1) is 0 Å². The number of carboxylic acid groups (broad SMARTS) is 2. The van der Waals surface area contributed by atoms with Crippen molar-refractivity contribution >= 4 is 23.5 Å². The molecule has 86 valence electrons. The van der Waals surface area contributed by atoms with E-state index in [1.807, 2.05) is 0 Å². The Morgan fingerprint density at radius 1 is 1.25 bits per heavy atom. The molecule has 0 fully saturated rings. The van der Waals surface area contributed by atoms with Gasteiger partial charge in [-0.1, -0.05) is 17.7 Å². The molecule has 1 aromatic carbocycles. The fourth-order valence-electron chi connectivity index (χ4n) is 1.16. The lowest BCUT2D eigenvalue weighted by atomic mass is 9.82. The number of benzene rings is 1. The molecule has 0 aliphatic rings. The molecule has 0 radical (unpaired) electrons. The van der Waals surface area contributed by atoms with Crippen molar-refractivity contribution in [2.75, 3.05) is 0 Å². The fraction of sp³-hybridized carbons (Fsp3) is 0.200. The van der Waals surface area contributed by atoms with Crippen molar-refractivity contribution in [3.05, 3.63) is 28.8 Å². The van der Waals surface area contributed by atoms with Gasteiger partial charge in [0.25, 0.3) is 0 Å². The summed E-state index contributed by atoms with van der Waals surface area (Å²) in [7, 11) is 0. The highest BCUT2D eigenvalue weighted by Gasteiger charge is 2.43. The number of aromatic hydroxyl groups is 1. The van der Waals surface area contributed by atoms with E-state index in [2.05, 4.69) is 0 Å². The summed E-state index contributed by atoms with van der Waals surface area (Å²) in [5, 5.41) is 26.9. The number of phenolic OH excluding ortho intramolecular Hbond substituents is 1. The summed E-state index contributed by atoms with van der Waals surface area (Å²) in [5.74, 6) is -3.23. The third-order valence-electron chi connectivity index (χ3n) is 2.38. The van der Waals surface area contributed by atoms with Gasteiger partial charge < -0.3 is 15.3 Å². The Labute approximate surface area is 95.9 Å². The first-order chi connectivity index (χ1) is 7.30. The molecule has 5 nitrogen and oxygen atoms in total. The molecule has 0 aromatic heterocycles. The molecule has 0 saturated heterocycles. The van der Waals surface area contributed by atoms with E-state index >= 15 is 0 Å². The highest BCUT2D eigenvalue weighted by atomic mass is 35.5. The van der Waals surface area contributed by atoms with Gasteiger partial charge in [0.2, 0.25) is 0 Å². The van der Waals surface area contributed by atoms with Crippen molar-refractivity contribution in [3.63, 3.8) is 0 Å². The van der Waals surface area contributed by atoms with Crippen LogP contribution in [0.15, 0.2) is 18.2 Å². The number of rotatable bonds is 3. The van der Waals surface area contributed by atoms with Gasteiger partial charge in [-0.25, -0.2) is 0 Å². The SMILES string of the molecule is CC(C(=O)O)(C(=O)O)c1ccc(O)c(Cl)c1. The lowest BCUT2D eigenvalue weighted by Crippen LogP contribution is -2.40. The molecule has 0 spiro atoms. The Morgan fingerprint density at radius 3 is 2.12 bits per heavy atom. The van der Waals surface area contributed by atoms with Crippen LogP contribution >= 0.6 is 11.6 Å². The molecule has 0 saturated carbocycles. The first-order valence-corrected chi connectivity index (χ1v) is 4.63. The monoisotopic (exact) mass is 244 g/mol. The second-order valence-corrected chi connectivity index (χ2v) is 3.81. The van der Waals surface area contributed by atoms with E-state index in [-0.39, 0.29) is 16.3 Å². The van der Waals surface area contributed by atoms with Crippen LogP contribution in [0.1, 0.15) is 12.5 Å². The van der Waals surface area contributed by atoms with Gasteiger partial charge >= 0.3 is 11.9 Å². The zero-order chi connectivity index (χ0) is 12.5. The average molecular weight is 245 g/mol. The molecule has 0 bridgehead atoms. The molecule has 6 heteroatoms. The summed E-state index contributed by atoms with van der Waals surface area (Å²) in [5.41, 5.74) is -2.09. The molecule has 0 amide bonds. The van der Waals surface area contributed by atoms with E-state index < -0.39 is 17.4 Å². The summed E-state index contributed by atoms with van der Waals surface area (Å²) in [6.45, 7) is 1.06. The van der Waals surface area contributed by atoms with Crippen LogP contribution in [0.5, 0.6) is 5.75 Å². The molecule has 3 N–H and O–H groups in total. The van der Waals surface area contributed by atoms with E-state index in [0.717, 1.165) is 19.1 Å². The molecular weight excluding hydrogens is 236 g/mol. The highest BCUT2D eigenvalue weighted by Crippen LogP contribution is 2.31. The van der Waals surface area contributed by atoms with Crippen LogP contribution in [0, 0.1) is 0 Å².